The van der Waals surface area contributed by atoms with Crippen molar-refractivity contribution in [2.75, 3.05) is 5.32 Å². The van der Waals surface area contributed by atoms with Crippen LogP contribution in [0.3, 0.4) is 0 Å². The summed E-state index contributed by atoms with van der Waals surface area (Å²) < 4.78 is 23.8. The van der Waals surface area contributed by atoms with Gasteiger partial charge in [0.1, 0.15) is 23.8 Å². The topological polar surface area (TPSA) is 73.4 Å². The molecule has 164 valence electrons. The number of fused-ring (bicyclic) bond motifs is 1. The van der Waals surface area contributed by atoms with Crippen LogP contribution in [0.1, 0.15) is 21.6 Å². The van der Waals surface area contributed by atoms with Crippen molar-refractivity contribution in [2.24, 2.45) is 0 Å². The molecule has 0 spiro atoms. The highest BCUT2D eigenvalue weighted by molar-refractivity contribution is 6.04. The predicted molar refractivity (Wildman–Crippen MR) is 122 cm³/mol. The highest BCUT2D eigenvalue weighted by atomic mass is 19.1. The number of benzene rings is 2. The minimum atomic E-state index is -0.467. The Morgan fingerprint density at radius 2 is 2.03 bits per heavy atom. The molecule has 0 aliphatic heterocycles. The van der Waals surface area contributed by atoms with E-state index in [0.717, 1.165) is 16.9 Å². The van der Waals surface area contributed by atoms with Gasteiger partial charge in [-0.2, -0.15) is 0 Å². The number of pyridine rings is 1. The van der Waals surface area contributed by atoms with Gasteiger partial charge in [-0.25, -0.2) is 14.4 Å². The molecule has 3 aromatic heterocycles. The van der Waals surface area contributed by atoms with Gasteiger partial charge in [0.2, 0.25) is 0 Å². The lowest BCUT2D eigenvalue weighted by atomic mass is 10.2. The van der Waals surface area contributed by atoms with Gasteiger partial charge in [0.05, 0.1) is 17.7 Å². The Balaban J connectivity index is 1.26. The summed E-state index contributed by atoms with van der Waals surface area (Å²) in [5, 5.41) is 2.72. The fourth-order valence-corrected chi connectivity index (χ4v) is 3.51. The number of nitrogens with one attached hydrogen (secondary N) is 1. The van der Waals surface area contributed by atoms with Crippen LogP contribution in [0, 0.1) is 12.7 Å². The normalized spacial score (nSPS) is 11.0. The Kier molecular flexibility index (Phi) is 5.32. The van der Waals surface area contributed by atoms with Crippen LogP contribution >= 0.6 is 0 Å². The van der Waals surface area contributed by atoms with E-state index in [1.807, 2.05) is 35.9 Å². The first kappa shape index (κ1) is 20.4. The van der Waals surface area contributed by atoms with Gasteiger partial charge in [0.15, 0.2) is 0 Å². The van der Waals surface area contributed by atoms with Crippen molar-refractivity contribution >= 4 is 17.2 Å². The fourth-order valence-electron chi connectivity index (χ4n) is 3.51. The largest absolute Gasteiger partial charge is 0.487 e. The van der Waals surface area contributed by atoms with Crippen LogP contribution in [0.2, 0.25) is 0 Å². The molecule has 0 aliphatic rings. The molecule has 0 radical (unpaired) electrons. The van der Waals surface area contributed by atoms with Crippen LogP contribution in [0.25, 0.3) is 11.3 Å². The van der Waals surface area contributed by atoms with Crippen molar-refractivity contribution < 1.29 is 13.9 Å². The van der Waals surface area contributed by atoms with E-state index in [4.69, 9.17) is 4.74 Å². The Labute approximate surface area is 189 Å². The monoisotopic (exact) mass is 441 g/mol. The summed E-state index contributed by atoms with van der Waals surface area (Å²) in [6.45, 7) is 2.29. The van der Waals surface area contributed by atoms with Crippen molar-refractivity contribution in [2.45, 2.75) is 13.5 Å². The van der Waals surface area contributed by atoms with E-state index < -0.39 is 5.82 Å². The van der Waals surface area contributed by atoms with E-state index in [0.29, 0.717) is 22.7 Å². The molecule has 1 N–H and O–H groups in total. The second-order valence-corrected chi connectivity index (χ2v) is 7.61. The SMILES string of the molecule is Cc1ccc2nc(COc3cccc(C(=O)Nc4ccc(-n5ccnc5)c(F)c4)c3)cn2c1. The lowest BCUT2D eigenvalue weighted by molar-refractivity contribution is 0.102. The van der Waals surface area contributed by atoms with Gasteiger partial charge in [-0.3, -0.25) is 4.79 Å². The van der Waals surface area contributed by atoms with Crippen LogP contribution in [0.4, 0.5) is 10.1 Å². The smallest absolute Gasteiger partial charge is 0.255 e. The Morgan fingerprint density at radius 1 is 1.12 bits per heavy atom. The summed E-state index contributed by atoms with van der Waals surface area (Å²) in [5.74, 6) is -0.290. The van der Waals surface area contributed by atoms with Crippen LogP contribution in [0.5, 0.6) is 5.75 Å². The lowest BCUT2D eigenvalue weighted by Crippen LogP contribution is -2.12. The molecule has 0 atom stereocenters. The molecule has 0 bridgehead atoms. The Morgan fingerprint density at radius 3 is 2.85 bits per heavy atom. The molecular formula is C25H20FN5O2. The van der Waals surface area contributed by atoms with Gasteiger partial charge in [-0.1, -0.05) is 12.1 Å². The standard InChI is InChI=1S/C25H20FN5O2/c1-17-5-8-24-28-20(14-31(24)13-17)15-33-21-4-2-3-18(11-21)25(32)29-19-6-7-23(22(26)12-19)30-10-9-27-16-30/h2-14,16H,15H2,1H3,(H,29,32). The van der Waals surface area contributed by atoms with Crippen molar-refractivity contribution in [3.05, 3.63) is 108 Å². The van der Waals surface area contributed by atoms with Crippen LogP contribution in [-0.4, -0.2) is 24.8 Å². The van der Waals surface area contributed by atoms with Gasteiger partial charge in [0, 0.05) is 36.0 Å². The summed E-state index contributed by atoms with van der Waals surface area (Å²) in [6.07, 6.45) is 8.65. The zero-order valence-electron chi connectivity index (χ0n) is 17.8. The molecule has 0 saturated carbocycles. The van der Waals surface area contributed by atoms with Crippen LogP contribution in [0.15, 0.2) is 85.7 Å². The number of hydrogen-bond acceptors (Lipinski definition) is 4. The summed E-state index contributed by atoms with van der Waals surface area (Å²) in [7, 11) is 0. The number of anilines is 1. The molecule has 2 aromatic carbocycles. The molecule has 0 saturated heterocycles. The zero-order chi connectivity index (χ0) is 22.8. The molecule has 5 aromatic rings. The first-order valence-electron chi connectivity index (χ1n) is 10.3. The van der Waals surface area contributed by atoms with E-state index in [-0.39, 0.29) is 12.5 Å². The van der Waals surface area contributed by atoms with Gasteiger partial charge in [-0.15, -0.1) is 0 Å². The minimum absolute atomic E-state index is 0.271. The van der Waals surface area contributed by atoms with Crippen LogP contribution in [-0.2, 0) is 6.61 Å². The minimum Gasteiger partial charge on any atom is -0.487 e. The predicted octanol–water partition coefficient (Wildman–Crippen LogP) is 4.80. The molecule has 3 heterocycles. The number of hydrogen-bond donors (Lipinski definition) is 1. The summed E-state index contributed by atoms with van der Waals surface area (Å²) >= 11 is 0. The van der Waals surface area contributed by atoms with Crippen molar-refractivity contribution in [1.82, 2.24) is 18.9 Å². The molecule has 1 amide bonds. The number of rotatable bonds is 6. The molecular weight excluding hydrogens is 421 g/mol. The maximum Gasteiger partial charge on any atom is 0.255 e. The summed E-state index contributed by atoms with van der Waals surface area (Å²) in [4.78, 5) is 21.1. The zero-order valence-corrected chi connectivity index (χ0v) is 17.8. The Hall–Kier alpha value is -4.46. The first-order chi connectivity index (χ1) is 16.0. The van der Waals surface area contributed by atoms with Gasteiger partial charge >= 0.3 is 0 Å². The second kappa shape index (κ2) is 8.58. The van der Waals surface area contributed by atoms with Gasteiger partial charge < -0.3 is 19.0 Å². The fraction of sp³-hybridized carbons (Fsp3) is 0.0800. The second-order valence-electron chi connectivity index (χ2n) is 7.61. The van der Waals surface area contributed by atoms with E-state index in [9.17, 15) is 9.18 Å². The van der Waals surface area contributed by atoms with Crippen molar-refractivity contribution in [1.29, 1.82) is 0 Å². The quantitative estimate of drug-likeness (QED) is 0.411. The number of carbonyl (C=O) groups is 1. The van der Waals surface area contributed by atoms with E-state index >= 15 is 0 Å². The Bertz CT molecular complexity index is 1440. The molecule has 8 heteroatoms. The first-order valence-corrected chi connectivity index (χ1v) is 10.3. The number of nitrogens with zero attached hydrogens (tertiary/aromatic N) is 4. The maximum absolute atomic E-state index is 14.5. The number of amides is 1. The molecule has 5 rings (SSSR count). The van der Waals surface area contributed by atoms with E-state index in [1.165, 1.54) is 12.4 Å². The van der Waals surface area contributed by atoms with Crippen molar-refractivity contribution in [3.8, 4) is 11.4 Å². The number of halogens is 1. The van der Waals surface area contributed by atoms with Crippen LogP contribution < -0.4 is 10.1 Å². The average molecular weight is 441 g/mol. The molecule has 0 aliphatic carbocycles. The number of aryl methyl sites for hydroxylation is 1. The lowest BCUT2D eigenvalue weighted by Gasteiger charge is -2.10. The average Bonchev–Trinajstić information content (AvgIpc) is 3.47. The number of carbonyl (C=O) groups excluding carboxylic acids is 1. The molecule has 0 fully saturated rings. The van der Waals surface area contributed by atoms with E-state index in [2.05, 4.69) is 15.3 Å². The van der Waals surface area contributed by atoms with Gasteiger partial charge in [0.25, 0.3) is 5.91 Å². The highest BCUT2D eigenvalue weighted by Gasteiger charge is 2.11. The third-order valence-electron chi connectivity index (χ3n) is 5.12. The third-order valence-corrected chi connectivity index (χ3v) is 5.12. The summed E-state index contributed by atoms with van der Waals surface area (Å²) in [5.41, 5.74) is 3.87. The van der Waals surface area contributed by atoms with Gasteiger partial charge in [-0.05, 0) is 55.0 Å². The maximum atomic E-state index is 14.5. The molecule has 7 nitrogen and oxygen atoms in total. The molecule has 33 heavy (non-hydrogen) atoms. The summed E-state index contributed by atoms with van der Waals surface area (Å²) in [6, 6.07) is 15.3. The number of imidazole rings is 2. The number of ether oxygens (including phenoxy) is 1. The van der Waals surface area contributed by atoms with Crippen molar-refractivity contribution in [3.63, 3.8) is 0 Å². The highest BCUT2D eigenvalue weighted by Crippen LogP contribution is 2.20. The molecule has 0 unspecified atom stereocenters. The third kappa shape index (κ3) is 4.45. The number of aromatic nitrogens is 4. The van der Waals surface area contributed by atoms with E-state index in [1.54, 1.807) is 53.4 Å².